The van der Waals surface area contributed by atoms with Gasteiger partial charge in [-0.15, -0.1) is 0 Å². The Kier molecular flexibility index (Phi) is 8.26. The second-order valence-corrected chi connectivity index (χ2v) is 1.07. The van der Waals surface area contributed by atoms with E-state index in [-0.39, 0.29) is 22.4 Å². The Bertz CT molecular complexity index is 37.8. The largest absolute Gasteiger partial charge is 0.351 e. The van der Waals surface area contributed by atoms with Crippen LogP contribution in [0, 0.1) is 0 Å². The van der Waals surface area contributed by atoms with E-state index in [0.29, 0.717) is 0 Å². The fourth-order valence-electron chi connectivity index (χ4n) is 0. The van der Waals surface area contributed by atoms with E-state index in [0.717, 1.165) is 6.41 Å². The van der Waals surface area contributed by atoms with Gasteiger partial charge in [-0.25, -0.2) is 0 Å². The first-order valence-electron chi connectivity index (χ1n) is 1.39. The maximum Gasteiger partial charge on any atom is 0.209 e. The molecule has 0 aromatic rings. The number of hydrogen-bond acceptors (Lipinski definition) is 1. The van der Waals surface area contributed by atoms with Gasteiger partial charge >= 0.3 is 0 Å². The van der Waals surface area contributed by atoms with Crippen LogP contribution >= 0.6 is 0 Å². The van der Waals surface area contributed by atoms with E-state index in [1.807, 2.05) is 0 Å². The molecule has 0 unspecified atom stereocenters. The average molecular weight is 270 g/mol. The van der Waals surface area contributed by atoms with E-state index in [1.54, 1.807) is 14.1 Å². The molecule has 0 heterocycles. The van der Waals surface area contributed by atoms with Crippen LogP contribution in [0.4, 0.5) is 0 Å². The van der Waals surface area contributed by atoms with Crippen molar-refractivity contribution in [3.63, 3.8) is 0 Å². The quantitative estimate of drug-likeness (QED) is 0.473. The SMILES string of the molecule is CN(C)C=O.[Au]. The van der Waals surface area contributed by atoms with E-state index in [2.05, 4.69) is 0 Å². The van der Waals surface area contributed by atoms with Crippen molar-refractivity contribution in [1.82, 2.24) is 4.90 Å². The zero-order valence-electron chi connectivity index (χ0n) is 3.73. The summed E-state index contributed by atoms with van der Waals surface area (Å²) in [6, 6.07) is 0. The molecule has 1 amide bonds. The van der Waals surface area contributed by atoms with E-state index < -0.39 is 0 Å². The average Bonchev–Trinajstić information content (AvgIpc) is 1.38. The van der Waals surface area contributed by atoms with Gasteiger partial charge in [0.15, 0.2) is 0 Å². The number of nitrogens with zero attached hydrogens (tertiary/aromatic N) is 1. The van der Waals surface area contributed by atoms with Crippen molar-refractivity contribution < 1.29 is 27.2 Å². The summed E-state index contributed by atoms with van der Waals surface area (Å²) >= 11 is 0. The molecule has 41 valence electrons. The molecular formula is C3H7AuNO. The number of carbonyl (C=O) groups is 1. The predicted molar refractivity (Wildman–Crippen MR) is 19.8 cm³/mol. The van der Waals surface area contributed by atoms with Gasteiger partial charge in [0, 0.05) is 36.5 Å². The third-order valence-corrected chi connectivity index (χ3v) is 0.211. The van der Waals surface area contributed by atoms with Crippen LogP contribution in [0.1, 0.15) is 0 Å². The number of carbonyl (C=O) groups excluding carboxylic acids is 1. The Hall–Kier alpha value is 0.210. The van der Waals surface area contributed by atoms with E-state index in [1.165, 1.54) is 4.90 Å². The van der Waals surface area contributed by atoms with Gasteiger partial charge in [-0.05, 0) is 0 Å². The third-order valence-electron chi connectivity index (χ3n) is 0.211. The van der Waals surface area contributed by atoms with Gasteiger partial charge in [0.05, 0.1) is 0 Å². The third kappa shape index (κ3) is 8.88. The summed E-state index contributed by atoms with van der Waals surface area (Å²) in [6.45, 7) is 0. The van der Waals surface area contributed by atoms with Gasteiger partial charge in [0.2, 0.25) is 6.41 Å². The minimum Gasteiger partial charge on any atom is -0.351 e. The first kappa shape index (κ1) is 9.51. The molecule has 0 bridgehead atoms. The van der Waals surface area contributed by atoms with Crippen LogP contribution in [0.15, 0.2) is 0 Å². The molecule has 0 atom stereocenters. The number of rotatable bonds is 1. The van der Waals surface area contributed by atoms with Crippen molar-refractivity contribution in [2.75, 3.05) is 14.1 Å². The minimum absolute atomic E-state index is 0. The van der Waals surface area contributed by atoms with Gasteiger partial charge < -0.3 is 4.90 Å². The van der Waals surface area contributed by atoms with Gasteiger partial charge in [-0.3, -0.25) is 4.79 Å². The Labute approximate surface area is 53.0 Å². The summed E-state index contributed by atoms with van der Waals surface area (Å²) in [5.74, 6) is 0. The molecule has 0 saturated carbocycles. The van der Waals surface area contributed by atoms with Crippen LogP contribution < -0.4 is 0 Å². The van der Waals surface area contributed by atoms with Gasteiger partial charge in [0.1, 0.15) is 0 Å². The standard InChI is InChI=1S/C3H7NO.Au/c1-4(2)3-5;/h3H,1-2H3;. The van der Waals surface area contributed by atoms with E-state index in [4.69, 9.17) is 0 Å². The van der Waals surface area contributed by atoms with Crippen LogP contribution in [0.25, 0.3) is 0 Å². The van der Waals surface area contributed by atoms with Crippen LogP contribution in [0.5, 0.6) is 0 Å². The normalized spacial score (nSPS) is 5.67. The molecule has 0 N–H and O–H groups in total. The maximum atomic E-state index is 9.43. The molecule has 0 aliphatic carbocycles. The number of hydrogen-bond donors (Lipinski definition) is 0. The summed E-state index contributed by atoms with van der Waals surface area (Å²) in [4.78, 5) is 10.9. The summed E-state index contributed by atoms with van der Waals surface area (Å²) < 4.78 is 0. The molecule has 0 saturated heterocycles. The molecule has 6 heavy (non-hydrogen) atoms. The zero-order valence-corrected chi connectivity index (χ0v) is 5.90. The molecule has 0 fully saturated rings. The van der Waals surface area contributed by atoms with Crippen molar-refractivity contribution in [3.05, 3.63) is 0 Å². The van der Waals surface area contributed by atoms with Crippen LogP contribution in [-0.2, 0) is 27.2 Å². The van der Waals surface area contributed by atoms with Crippen molar-refractivity contribution in [3.8, 4) is 0 Å². The monoisotopic (exact) mass is 270 g/mol. The van der Waals surface area contributed by atoms with E-state index >= 15 is 0 Å². The number of amides is 1. The Morgan fingerprint density at radius 3 is 1.67 bits per heavy atom. The first-order chi connectivity index (χ1) is 2.27. The summed E-state index contributed by atoms with van der Waals surface area (Å²) in [5, 5.41) is 0. The maximum absolute atomic E-state index is 9.43. The van der Waals surface area contributed by atoms with Gasteiger partial charge in [0.25, 0.3) is 0 Å². The fourth-order valence-corrected chi connectivity index (χ4v) is 0. The molecular weight excluding hydrogens is 263 g/mol. The Morgan fingerprint density at radius 2 is 1.67 bits per heavy atom. The molecule has 0 aromatic heterocycles. The smallest absolute Gasteiger partial charge is 0.209 e. The van der Waals surface area contributed by atoms with Gasteiger partial charge in [-0.1, -0.05) is 0 Å². The van der Waals surface area contributed by atoms with Crippen molar-refractivity contribution in [2.24, 2.45) is 0 Å². The summed E-state index contributed by atoms with van der Waals surface area (Å²) in [5.41, 5.74) is 0. The fraction of sp³-hybridized carbons (Fsp3) is 0.667. The molecule has 0 aliphatic rings. The van der Waals surface area contributed by atoms with Crippen LogP contribution in [0.2, 0.25) is 0 Å². The minimum atomic E-state index is 0. The van der Waals surface area contributed by atoms with Crippen molar-refractivity contribution >= 4 is 6.41 Å². The van der Waals surface area contributed by atoms with Crippen molar-refractivity contribution in [1.29, 1.82) is 0 Å². The van der Waals surface area contributed by atoms with Crippen LogP contribution in [0.3, 0.4) is 0 Å². The second kappa shape index (κ2) is 5.21. The molecule has 0 spiro atoms. The van der Waals surface area contributed by atoms with Crippen LogP contribution in [-0.4, -0.2) is 25.4 Å². The van der Waals surface area contributed by atoms with E-state index in [9.17, 15) is 4.79 Å². The Morgan fingerprint density at radius 1 is 1.50 bits per heavy atom. The molecule has 2 nitrogen and oxygen atoms in total. The van der Waals surface area contributed by atoms with Crippen molar-refractivity contribution in [2.45, 2.75) is 0 Å². The predicted octanol–water partition coefficient (Wildman–Crippen LogP) is -0.298. The molecule has 0 aliphatic heterocycles. The summed E-state index contributed by atoms with van der Waals surface area (Å²) in [7, 11) is 3.38. The van der Waals surface area contributed by atoms with Gasteiger partial charge in [-0.2, -0.15) is 0 Å². The molecule has 1 radical (unpaired) electrons. The molecule has 0 aromatic carbocycles. The second-order valence-electron chi connectivity index (χ2n) is 1.07. The Balaban J connectivity index is 0. The first-order valence-corrected chi connectivity index (χ1v) is 1.39. The summed E-state index contributed by atoms with van der Waals surface area (Å²) in [6.07, 6.45) is 0.750. The molecule has 0 rings (SSSR count). The molecule has 3 heteroatoms. The topological polar surface area (TPSA) is 20.3 Å². The zero-order chi connectivity index (χ0) is 4.28.